The number of fused-ring (bicyclic) bond motifs is 1. The summed E-state index contributed by atoms with van der Waals surface area (Å²) in [6.45, 7) is 4.05. The summed E-state index contributed by atoms with van der Waals surface area (Å²) in [6, 6.07) is 13.7. The molecule has 0 unspecified atom stereocenters. The van der Waals surface area contributed by atoms with Crippen LogP contribution in [0.25, 0.3) is 10.9 Å². The number of ether oxygens (including phenoxy) is 2. The van der Waals surface area contributed by atoms with E-state index < -0.39 is 0 Å². The van der Waals surface area contributed by atoms with Gasteiger partial charge in [-0.05, 0) is 29.8 Å². The number of hydrogen-bond donors (Lipinski definition) is 1. The van der Waals surface area contributed by atoms with E-state index in [1.165, 1.54) is 16.5 Å². The molecular weight excluding hydrogens is 354 g/mol. The van der Waals surface area contributed by atoms with E-state index in [0.29, 0.717) is 17.1 Å². The van der Waals surface area contributed by atoms with Crippen molar-refractivity contribution in [2.24, 2.45) is 0 Å². The molecule has 2 heterocycles. The highest BCUT2D eigenvalue weighted by Crippen LogP contribution is 2.28. The van der Waals surface area contributed by atoms with Gasteiger partial charge in [-0.2, -0.15) is 0 Å². The molecule has 4 rings (SSSR count). The van der Waals surface area contributed by atoms with E-state index in [2.05, 4.69) is 34.3 Å². The van der Waals surface area contributed by atoms with Gasteiger partial charge in [0.2, 0.25) is 0 Å². The molecule has 1 aliphatic rings. The molecule has 3 aromatic rings. The van der Waals surface area contributed by atoms with Gasteiger partial charge >= 0.3 is 0 Å². The van der Waals surface area contributed by atoms with Gasteiger partial charge in [-0.25, -0.2) is 0 Å². The fraction of sp³-hybridized carbons (Fsp3) is 0.318. The number of carbonyl (C=O) groups excluding carboxylic acids is 1. The summed E-state index contributed by atoms with van der Waals surface area (Å²) < 4.78 is 10.6. The van der Waals surface area contributed by atoms with Gasteiger partial charge in [0.1, 0.15) is 0 Å². The zero-order chi connectivity index (χ0) is 19.5. The van der Waals surface area contributed by atoms with Crippen molar-refractivity contribution in [3.8, 4) is 11.5 Å². The molecule has 6 heteroatoms. The number of carbonyl (C=O) groups is 1. The molecule has 1 aliphatic heterocycles. The van der Waals surface area contributed by atoms with Crippen LogP contribution in [0, 0.1) is 0 Å². The van der Waals surface area contributed by atoms with Crippen LogP contribution in [0.5, 0.6) is 11.5 Å². The number of amides is 1. The topological polar surface area (TPSA) is 57.8 Å². The van der Waals surface area contributed by atoms with E-state index in [1.54, 1.807) is 32.4 Å². The summed E-state index contributed by atoms with van der Waals surface area (Å²) in [7, 11) is 3.17. The lowest BCUT2D eigenvalue weighted by molar-refractivity contribution is 0.0628. The zero-order valence-corrected chi connectivity index (χ0v) is 16.3. The molecule has 0 aliphatic carbocycles. The van der Waals surface area contributed by atoms with Gasteiger partial charge in [-0.1, -0.05) is 18.2 Å². The maximum absolute atomic E-state index is 12.9. The molecule has 1 fully saturated rings. The summed E-state index contributed by atoms with van der Waals surface area (Å²) in [5.41, 5.74) is 3.10. The predicted octanol–water partition coefficient (Wildman–Crippen LogP) is 3.14. The van der Waals surface area contributed by atoms with Crippen LogP contribution < -0.4 is 9.47 Å². The maximum Gasteiger partial charge on any atom is 0.254 e. The summed E-state index contributed by atoms with van der Waals surface area (Å²) >= 11 is 0. The van der Waals surface area contributed by atoms with Crippen LogP contribution in [-0.4, -0.2) is 61.1 Å². The average molecular weight is 379 g/mol. The Morgan fingerprint density at radius 1 is 1.00 bits per heavy atom. The summed E-state index contributed by atoms with van der Waals surface area (Å²) in [5, 5.41) is 1.27. The number of nitrogens with zero attached hydrogens (tertiary/aromatic N) is 2. The van der Waals surface area contributed by atoms with Crippen LogP contribution in [-0.2, 0) is 6.54 Å². The molecule has 1 N–H and O–H groups in total. The monoisotopic (exact) mass is 379 g/mol. The first kappa shape index (κ1) is 18.4. The number of nitrogens with one attached hydrogen (secondary N) is 1. The van der Waals surface area contributed by atoms with Crippen LogP contribution in [0.15, 0.2) is 48.7 Å². The smallest absolute Gasteiger partial charge is 0.254 e. The predicted molar refractivity (Wildman–Crippen MR) is 109 cm³/mol. The van der Waals surface area contributed by atoms with E-state index in [9.17, 15) is 4.79 Å². The van der Waals surface area contributed by atoms with E-state index in [1.807, 2.05) is 11.0 Å². The van der Waals surface area contributed by atoms with Gasteiger partial charge < -0.3 is 19.4 Å². The second kappa shape index (κ2) is 7.94. The zero-order valence-electron chi connectivity index (χ0n) is 16.3. The number of rotatable bonds is 5. The van der Waals surface area contributed by atoms with E-state index >= 15 is 0 Å². The number of benzene rings is 2. The van der Waals surface area contributed by atoms with Crippen LogP contribution in [0.2, 0.25) is 0 Å². The van der Waals surface area contributed by atoms with Crippen molar-refractivity contribution < 1.29 is 14.3 Å². The van der Waals surface area contributed by atoms with Gasteiger partial charge in [0.15, 0.2) is 11.5 Å². The van der Waals surface area contributed by atoms with Gasteiger partial charge in [0.05, 0.1) is 14.2 Å². The first-order valence-electron chi connectivity index (χ1n) is 9.48. The summed E-state index contributed by atoms with van der Waals surface area (Å²) in [6.07, 6.45) is 2.09. The van der Waals surface area contributed by atoms with Crippen LogP contribution in [0.3, 0.4) is 0 Å². The molecule has 0 spiro atoms. The molecule has 0 atom stereocenters. The first-order chi connectivity index (χ1) is 13.7. The molecule has 0 bridgehead atoms. The second-order valence-electron chi connectivity index (χ2n) is 7.00. The van der Waals surface area contributed by atoms with Crippen molar-refractivity contribution in [3.63, 3.8) is 0 Å². The third-order valence-corrected chi connectivity index (χ3v) is 5.36. The molecule has 1 aromatic heterocycles. The van der Waals surface area contributed by atoms with Crippen molar-refractivity contribution in [3.05, 3.63) is 59.8 Å². The molecule has 0 radical (unpaired) electrons. The normalized spacial score (nSPS) is 15.0. The highest BCUT2D eigenvalue weighted by molar-refractivity contribution is 5.95. The minimum absolute atomic E-state index is 0.0349. The number of hydrogen-bond acceptors (Lipinski definition) is 4. The Kier molecular flexibility index (Phi) is 5.21. The summed E-state index contributed by atoms with van der Waals surface area (Å²) in [5.74, 6) is 1.24. The highest BCUT2D eigenvalue weighted by Gasteiger charge is 2.23. The Morgan fingerprint density at radius 2 is 1.75 bits per heavy atom. The lowest BCUT2D eigenvalue weighted by Gasteiger charge is -2.34. The standard InChI is InChI=1S/C22H25N3O3/c1-27-20-8-7-16(13-21(20)28-2)22(26)25-11-9-24(10-12-25)15-17-14-23-19-6-4-3-5-18(17)19/h3-8,13-14,23H,9-12,15H2,1-2H3. The molecule has 28 heavy (non-hydrogen) atoms. The largest absolute Gasteiger partial charge is 0.493 e. The van der Waals surface area contributed by atoms with Gasteiger partial charge in [0.25, 0.3) is 5.91 Å². The van der Waals surface area contributed by atoms with Crippen molar-refractivity contribution in [2.75, 3.05) is 40.4 Å². The van der Waals surface area contributed by atoms with Crippen molar-refractivity contribution in [1.82, 2.24) is 14.8 Å². The quantitative estimate of drug-likeness (QED) is 0.740. The lowest BCUT2D eigenvalue weighted by Crippen LogP contribution is -2.48. The van der Waals surface area contributed by atoms with Crippen LogP contribution in [0.4, 0.5) is 0 Å². The summed E-state index contributed by atoms with van der Waals surface area (Å²) in [4.78, 5) is 20.5. The molecule has 2 aromatic carbocycles. The third kappa shape index (κ3) is 3.55. The Balaban J connectivity index is 1.39. The van der Waals surface area contributed by atoms with Crippen LogP contribution >= 0.6 is 0 Å². The Bertz CT molecular complexity index is 974. The molecule has 0 saturated carbocycles. The first-order valence-corrected chi connectivity index (χ1v) is 9.48. The van der Waals surface area contributed by atoms with Gasteiger partial charge in [-0.3, -0.25) is 9.69 Å². The minimum Gasteiger partial charge on any atom is -0.493 e. The van der Waals surface area contributed by atoms with Gasteiger partial charge in [-0.15, -0.1) is 0 Å². The Morgan fingerprint density at radius 3 is 2.50 bits per heavy atom. The highest BCUT2D eigenvalue weighted by atomic mass is 16.5. The molecule has 6 nitrogen and oxygen atoms in total. The number of para-hydroxylation sites is 1. The van der Waals surface area contributed by atoms with E-state index in [-0.39, 0.29) is 5.91 Å². The van der Waals surface area contributed by atoms with Crippen molar-refractivity contribution in [1.29, 1.82) is 0 Å². The van der Waals surface area contributed by atoms with E-state index in [4.69, 9.17) is 9.47 Å². The lowest BCUT2D eigenvalue weighted by atomic mass is 10.1. The maximum atomic E-state index is 12.9. The number of aromatic amines is 1. The number of piperazine rings is 1. The SMILES string of the molecule is COc1ccc(C(=O)N2CCN(Cc3c[nH]c4ccccc34)CC2)cc1OC. The molecular formula is C22H25N3O3. The molecule has 146 valence electrons. The number of methoxy groups -OCH3 is 2. The van der Waals surface area contributed by atoms with Gasteiger partial charge in [0, 0.05) is 55.4 Å². The second-order valence-corrected chi connectivity index (χ2v) is 7.00. The number of aromatic nitrogens is 1. The van der Waals surface area contributed by atoms with Crippen molar-refractivity contribution >= 4 is 16.8 Å². The minimum atomic E-state index is 0.0349. The van der Waals surface area contributed by atoms with Crippen LogP contribution in [0.1, 0.15) is 15.9 Å². The fourth-order valence-electron chi connectivity index (χ4n) is 3.76. The molecule has 1 amide bonds. The van der Waals surface area contributed by atoms with Crippen molar-refractivity contribution in [2.45, 2.75) is 6.54 Å². The van der Waals surface area contributed by atoms with E-state index in [0.717, 1.165) is 32.7 Å². The third-order valence-electron chi connectivity index (χ3n) is 5.36. The Labute approximate surface area is 164 Å². The average Bonchev–Trinajstić information content (AvgIpc) is 3.16. The molecule has 1 saturated heterocycles. The fourth-order valence-corrected chi connectivity index (χ4v) is 3.76. The Hall–Kier alpha value is -2.99. The number of H-pyrrole nitrogens is 1.